The summed E-state index contributed by atoms with van der Waals surface area (Å²) < 4.78 is 66.1. The molecule has 3 aliphatic heterocycles. The number of aromatic amines is 1. The Morgan fingerprint density at radius 1 is 0.889 bits per heavy atom. The first-order valence-electron chi connectivity index (χ1n) is 12.8. The zero-order valence-corrected chi connectivity index (χ0v) is 23.7. The normalized spacial score (nSPS) is 37.7. The summed E-state index contributed by atoms with van der Waals surface area (Å²) in [5.74, 6) is 0.451. The minimum absolute atomic E-state index is 0.0314. The van der Waals surface area contributed by atoms with Crippen LogP contribution in [0.5, 0.6) is 0 Å². The Kier molecular flexibility index (Phi) is 7.52. The van der Waals surface area contributed by atoms with E-state index >= 15 is 0 Å². The second kappa shape index (κ2) is 11.0. The van der Waals surface area contributed by atoms with E-state index < -0.39 is 84.7 Å². The Labute approximate surface area is 254 Å². The van der Waals surface area contributed by atoms with Gasteiger partial charge in [0, 0.05) is 0 Å². The SMILES string of the molecule is [BH3-][P@@]1(=O)OCC2OC(n3cnc4c(=O)[nH]c(C)nc43)C(O[P@]([BH3-])(=O)OCC3OC(n4cnc5c(N)ncnc54)C(O)C3O1)C2O. The summed E-state index contributed by atoms with van der Waals surface area (Å²) in [6, 6.07) is 0. The van der Waals surface area contributed by atoms with Crippen molar-refractivity contribution in [1.29, 1.82) is 0 Å². The van der Waals surface area contributed by atoms with Crippen molar-refractivity contribution in [3.05, 3.63) is 35.2 Å². The number of aliphatic hydroxyl groups excluding tert-OH is 2. The van der Waals surface area contributed by atoms with Gasteiger partial charge in [-0.2, -0.15) is 0 Å². The van der Waals surface area contributed by atoms with Gasteiger partial charge in [0.05, 0.1) is 41.0 Å². The largest absolute Gasteiger partial charge is 0.387 e. The minimum Gasteiger partial charge on any atom is -0.387 e. The molecule has 5 N–H and O–H groups in total. The maximum atomic E-state index is 13.8. The Morgan fingerprint density at radius 3 is 2.24 bits per heavy atom. The van der Waals surface area contributed by atoms with Gasteiger partial charge < -0.3 is 57.6 Å². The molecule has 20 nitrogen and oxygen atoms in total. The summed E-state index contributed by atoms with van der Waals surface area (Å²) in [4.78, 5) is 35.8. The third-order valence-electron chi connectivity index (χ3n) is 7.21. The van der Waals surface area contributed by atoms with Gasteiger partial charge in [-0.1, -0.05) is 0 Å². The monoisotopic (exact) mass is 667 g/mol. The first-order valence-corrected chi connectivity index (χ1v) is 15.0. The summed E-state index contributed by atoms with van der Waals surface area (Å²) in [6.45, 7) is 0.851. The smallest absolute Gasteiger partial charge is 0.279 e. The number of aryl methyl sites for hydroxylation is 1. The number of aliphatic hydroxyl groups is 2. The number of nitrogens with two attached hydrogens (primary N) is 1. The van der Waals surface area contributed by atoms with Crippen LogP contribution in [0.2, 0.25) is 0 Å². The van der Waals surface area contributed by atoms with Crippen LogP contribution in [0.1, 0.15) is 18.3 Å². The predicted octanol–water partition coefficient (Wildman–Crippen LogP) is -2.87. The molecule has 7 heterocycles. The molecule has 24 heteroatoms. The van der Waals surface area contributed by atoms with Crippen LogP contribution in [0.3, 0.4) is 0 Å². The van der Waals surface area contributed by atoms with Gasteiger partial charge in [-0.15, -0.1) is 0 Å². The number of nitrogens with one attached hydrogen (secondary N) is 1. The fourth-order valence-electron chi connectivity index (χ4n) is 5.21. The lowest BCUT2D eigenvalue weighted by molar-refractivity contribution is -0.0578. The zero-order chi connectivity index (χ0) is 31.8. The third kappa shape index (κ3) is 5.44. The lowest BCUT2D eigenvalue weighted by Gasteiger charge is -2.30. The molecule has 3 fully saturated rings. The lowest BCUT2D eigenvalue weighted by atomic mass is 10.1. The zero-order valence-electron chi connectivity index (χ0n) is 21.9. The number of aromatic nitrogens is 8. The highest BCUT2D eigenvalue weighted by Crippen LogP contribution is 2.53. The molecule has 4 aromatic heterocycles. The molecule has 0 saturated carbocycles. The number of imidazole rings is 2. The Morgan fingerprint density at radius 2 is 1.51 bits per heavy atom. The summed E-state index contributed by atoms with van der Waals surface area (Å²) in [7, 11) is -9.84. The van der Waals surface area contributed by atoms with Crippen LogP contribution >= 0.6 is 14.9 Å². The highest BCUT2D eigenvalue weighted by atomic mass is 31.2. The molecule has 10 atom stereocenters. The summed E-state index contributed by atoms with van der Waals surface area (Å²) in [6.07, 6.45) is -5.75. The van der Waals surface area contributed by atoms with Gasteiger partial charge in [-0.05, 0) is 6.92 Å². The fraction of sp³-hybridized carbons (Fsp3) is 0.524. The van der Waals surface area contributed by atoms with E-state index in [1.165, 1.54) is 28.1 Å². The summed E-state index contributed by atoms with van der Waals surface area (Å²) >= 11 is 0. The van der Waals surface area contributed by atoms with Crippen molar-refractivity contribution >= 4 is 58.2 Å². The van der Waals surface area contributed by atoms with Crippen LogP contribution in [0.4, 0.5) is 5.82 Å². The summed E-state index contributed by atoms with van der Waals surface area (Å²) in [5.41, 5.74) is 6.21. The highest BCUT2D eigenvalue weighted by molar-refractivity contribution is 7.79. The molecule has 8 unspecified atom stereocenters. The van der Waals surface area contributed by atoms with Crippen LogP contribution in [0, 0.1) is 6.92 Å². The van der Waals surface area contributed by atoms with Gasteiger partial charge in [0.1, 0.15) is 69.2 Å². The molecule has 0 amide bonds. The van der Waals surface area contributed by atoms with E-state index in [1.807, 2.05) is 0 Å². The van der Waals surface area contributed by atoms with Crippen LogP contribution in [0.15, 0.2) is 23.8 Å². The van der Waals surface area contributed by atoms with Crippen molar-refractivity contribution in [2.24, 2.45) is 0 Å². The molecule has 0 spiro atoms. The number of H-pyrrole nitrogens is 1. The average molecular weight is 667 g/mol. The quantitative estimate of drug-likeness (QED) is 0.124. The number of anilines is 1. The standard InChI is InChI=1S/C21H29B2N9O11P2/c1-7-29-18-11(19(35)30-7)28-6-32(18)21-15-12(33)8(40-21)2-38-44(22,36)42-14-9(3-39-45(23,37)43-15)41-20(13(14)34)31-5-27-10-16(24)25-4-26-17(10)31/h4-6,8-9,12-15,20-21,33-34H,2-3H2,1,22-23H3,(H2,24,25,26)(H,29,30,35)/q-2/t8?,9?,12?,13?,14?,15?,20?,21?,44-,45-/m1/s1. The third-order valence-corrected chi connectivity index (χ3v) is 8.76. The van der Waals surface area contributed by atoms with E-state index in [9.17, 15) is 24.1 Å². The van der Waals surface area contributed by atoms with Crippen molar-refractivity contribution in [3.63, 3.8) is 0 Å². The van der Waals surface area contributed by atoms with Crippen molar-refractivity contribution in [3.8, 4) is 0 Å². The average Bonchev–Trinajstić information content (AvgIpc) is 3.72. The Hall–Kier alpha value is -3.03. The van der Waals surface area contributed by atoms with Crippen molar-refractivity contribution < 1.29 is 46.9 Å². The molecule has 45 heavy (non-hydrogen) atoms. The fourth-order valence-corrected chi connectivity index (χ4v) is 6.76. The van der Waals surface area contributed by atoms with Gasteiger partial charge >= 0.3 is 0 Å². The van der Waals surface area contributed by atoms with Gasteiger partial charge in [0.15, 0.2) is 35.1 Å². The molecule has 2 bridgehead atoms. The van der Waals surface area contributed by atoms with Gasteiger partial charge in [0.2, 0.25) is 0 Å². The van der Waals surface area contributed by atoms with Crippen LogP contribution in [-0.2, 0) is 36.7 Å². The number of hydrogen-bond acceptors (Lipinski definition) is 17. The Balaban J connectivity index is 1.21. The number of ether oxygens (including phenoxy) is 2. The van der Waals surface area contributed by atoms with Gasteiger partial charge in [-0.3, -0.25) is 13.9 Å². The number of nitrogens with zero attached hydrogens (tertiary/aromatic N) is 7. The van der Waals surface area contributed by atoms with E-state index in [4.69, 9.17) is 33.3 Å². The topological polar surface area (TPSA) is 263 Å². The van der Waals surface area contributed by atoms with Crippen LogP contribution in [0.25, 0.3) is 22.3 Å². The van der Waals surface area contributed by atoms with E-state index in [2.05, 4.69) is 29.9 Å². The predicted molar refractivity (Wildman–Crippen MR) is 159 cm³/mol. The number of rotatable bonds is 2. The van der Waals surface area contributed by atoms with Gasteiger partial charge in [0.25, 0.3) is 5.56 Å². The number of fused-ring (bicyclic) bond motifs is 5. The van der Waals surface area contributed by atoms with E-state index in [1.54, 1.807) is 6.92 Å². The molecule has 0 aromatic carbocycles. The van der Waals surface area contributed by atoms with E-state index in [0.717, 1.165) is 0 Å². The molecule has 7 rings (SSSR count). The maximum absolute atomic E-state index is 13.8. The lowest BCUT2D eigenvalue weighted by Crippen LogP contribution is -2.36. The van der Waals surface area contributed by atoms with Crippen molar-refractivity contribution in [2.75, 3.05) is 18.9 Å². The molecule has 3 aliphatic rings. The molecular formula is C21H29B2N9O11P2-2. The molecule has 4 aromatic rings. The van der Waals surface area contributed by atoms with E-state index in [0.29, 0.717) is 11.3 Å². The number of nitrogen functional groups attached to an aromatic ring is 1. The van der Waals surface area contributed by atoms with Crippen molar-refractivity contribution in [2.45, 2.75) is 56.0 Å². The van der Waals surface area contributed by atoms with Crippen LogP contribution in [-0.4, -0.2) is 114 Å². The molecule has 3 saturated heterocycles. The highest BCUT2D eigenvalue weighted by Gasteiger charge is 2.51. The molecule has 242 valence electrons. The van der Waals surface area contributed by atoms with Crippen LogP contribution < -0.4 is 11.3 Å². The Bertz CT molecular complexity index is 1940. The van der Waals surface area contributed by atoms with E-state index in [-0.39, 0.29) is 35.8 Å². The minimum atomic E-state index is -3.76. The number of hydrogen-bond donors (Lipinski definition) is 4. The molecule has 0 radical (unpaired) electrons. The first-order chi connectivity index (χ1) is 21.3. The second-order valence-electron chi connectivity index (χ2n) is 9.85. The second-order valence-corrected chi connectivity index (χ2v) is 11.7. The van der Waals surface area contributed by atoms with Crippen molar-refractivity contribution in [1.82, 2.24) is 39.0 Å². The maximum Gasteiger partial charge on any atom is 0.279 e. The summed E-state index contributed by atoms with van der Waals surface area (Å²) in [5, 5.41) is 22.6. The van der Waals surface area contributed by atoms with Gasteiger partial charge in [-0.25, -0.2) is 24.9 Å². The molecular weight excluding hydrogens is 638 g/mol. The molecule has 0 aliphatic carbocycles. The first kappa shape index (κ1) is 30.6.